The van der Waals surface area contributed by atoms with Gasteiger partial charge in [-0.2, -0.15) is 0 Å². The summed E-state index contributed by atoms with van der Waals surface area (Å²) in [6, 6.07) is 0. The van der Waals surface area contributed by atoms with Gasteiger partial charge in [0.05, 0.1) is 0 Å². The van der Waals surface area contributed by atoms with Crippen molar-refractivity contribution in [1.82, 2.24) is 0 Å². The first-order valence-corrected chi connectivity index (χ1v) is 34.6. The Balaban J connectivity index is 4.00. The first-order valence-electron chi connectivity index (χ1n) is 34.6. The molecule has 78 heavy (non-hydrogen) atoms. The van der Waals surface area contributed by atoms with Crippen LogP contribution < -0.4 is 0 Å². The van der Waals surface area contributed by atoms with Gasteiger partial charge >= 0.3 is 17.9 Å². The number of unbranched alkanes of at least 4 members (excludes halogenated alkanes) is 45. The molecule has 0 radical (unpaired) electrons. The fourth-order valence-electron chi connectivity index (χ4n) is 10.4. The number of rotatable bonds is 64. The van der Waals surface area contributed by atoms with Gasteiger partial charge in [0.25, 0.3) is 0 Å². The van der Waals surface area contributed by atoms with Crippen LogP contribution in [0, 0.1) is 0 Å². The van der Waals surface area contributed by atoms with Crippen molar-refractivity contribution in [3.63, 3.8) is 0 Å². The van der Waals surface area contributed by atoms with Gasteiger partial charge in [-0.05, 0) is 57.8 Å². The topological polar surface area (TPSA) is 78.9 Å². The van der Waals surface area contributed by atoms with Gasteiger partial charge in [0, 0.05) is 19.3 Å². The van der Waals surface area contributed by atoms with Gasteiger partial charge in [-0.25, -0.2) is 0 Å². The lowest BCUT2D eigenvalue weighted by molar-refractivity contribution is -0.167. The van der Waals surface area contributed by atoms with E-state index in [1.807, 2.05) is 0 Å². The monoisotopic (exact) mass is 1090 g/mol. The van der Waals surface area contributed by atoms with Crippen LogP contribution in [0.3, 0.4) is 0 Å². The smallest absolute Gasteiger partial charge is 0.306 e. The quantitative estimate of drug-likeness (QED) is 0.0261. The maximum atomic E-state index is 12.9. The zero-order valence-electron chi connectivity index (χ0n) is 52.5. The zero-order chi connectivity index (χ0) is 56.4. The summed E-state index contributed by atoms with van der Waals surface area (Å²) in [5.41, 5.74) is 0. The minimum Gasteiger partial charge on any atom is -0.462 e. The standard InChI is InChI=1S/C72H132O6/c1-4-7-10-13-16-19-21-23-25-27-29-30-31-32-33-34-35-36-37-38-39-40-41-42-44-45-47-49-51-53-56-59-62-65-71(74)77-68-69(67-76-70(73)64-61-58-55-18-15-12-9-6-3)78-72(75)66-63-60-57-54-52-50-48-46-43-28-26-24-22-20-17-14-11-8-5-2/h7,10,16,19,23,25,29-30,69H,4-6,8-9,11-15,17-18,20-22,24,26-28,31-68H2,1-3H3/b10-7-,19-16-,25-23-,30-29-. The number of hydrogen-bond acceptors (Lipinski definition) is 6. The number of hydrogen-bond donors (Lipinski definition) is 0. The van der Waals surface area contributed by atoms with Gasteiger partial charge in [0.15, 0.2) is 6.10 Å². The number of carbonyl (C=O) groups is 3. The Morgan fingerprint density at radius 2 is 0.500 bits per heavy atom. The molecule has 0 amide bonds. The van der Waals surface area contributed by atoms with Crippen LogP contribution >= 0.6 is 0 Å². The average Bonchev–Trinajstić information content (AvgIpc) is 3.44. The predicted octanol–water partition coefficient (Wildman–Crippen LogP) is 23.7. The molecule has 0 aromatic carbocycles. The van der Waals surface area contributed by atoms with E-state index in [4.69, 9.17) is 14.2 Å². The number of esters is 3. The van der Waals surface area contributed by atoms with Crippen molar-refractivity contribution in [2.45, 2.75) is 380 Å². The molecule has 0 spiro atoms. The van der Waals surface area contributed by atoms with E-state index in [-0.39, 0.29) is 31.1 Å². The van der Waals surface area contributed by atoms with Crippen molar-refractivity contribution >= 4 is 17.9 Å². The molecule has 6 heteroatoms. The fraction of sp³-hybridized carbons (Fsp3) is 0.847. The molecule has 0 heterocycles. The predicted molar refractivity (Wildman–Crippen MR) is 339 cm³/mol. The fourth-order valence-corrected chi connectivity index (χ4v) is 10.4. The summed E-state index contributed by atoms with van der Waals surface area (Å²) >= 11 is 0. The highest BCUT2D eigenvalue weighted by atomic mass is 16.6. The van der Waals surface area contributed by atoms with Gasteiger partial charge in [0.1, 0.15) is 13.2 Å². The van der Waals surface area contributed by atoms with Crippen LogP contribution in [0.2, 0.25) is 0 Å². The molecule has 0 saturated carbocycles. The third-order valence-electron chi connectivity index (χ3n) is 15.6. The molecule has 0 aromatic rings. The van der Waals surface area contributed by atoms with E-state index < -0.39 is 6.10 Å². The van der Waals surface area contributed by atoms with Crippen LogP contribution in [0.5, 0.6) is 0 Å². The second-order valence-electron chi connectivity index (χ2n) is 23.4. The molecule has 0 fully saturated rings. The Bertz CT molecular complexity index is 1350. The minimum absolute atomic E-state index is 0.0654. The summed E-state index contributed by atoms with van der Waals surface area (Å²) in [4.78, 5) is 38.2. The average molecular weight is 1090 g/mol. The van der Waals surface area contributed by atoms with Crippen LogP contribution in [-0.2, 0) is 28.6 Å². The third kappa shape index (κ3) is 64.2. The summed E-state index contributed by atoms with van der Waals surface area (Å²) in [5.74, 6) is -0.842. The maximum Gasteiger partial charge on any atom is 0.306 e. The highest BCUT2D eigenvalue weighted by Gasteiger charge is 2.19. The van der Waals surface area contributed by atoms with Crippen LogP contribution in [-0.4, -0.2) is 37.2 Å². The van der Waals surface area contributed by atoms with E-state index in [0.29, 0.717) is 19.3 Å². The second kappa shape index (κ2) is 66.9. The van der Waals surface area contributed by atoms with Crippen LogP contribution in [0.4, 0.5) is 0 Å². The summed E-state index contributed by atoms with van der Waals surface area (Å²) in [5, 5.41) is 0. The highest BCUT2D eigenvalue weighted by Crippen LogP contribution is 2.18. The summed E-state index contributed by atoms with van der Waals surface area (Å²) in [6.07, 6.45) is 84.5. The number of ether oxygens (including phenoxy) is 3. The minimum atomic E-state index is -0.766. The molecule has 456 valence electrons. The van der Waals surface area contributed by atoms with E-state index in [2.05, 4.69) is 69.4 Å². The molecular weight excluding hydrogens is 961 g/mol. The SMILES string of the molecule is CC/C=C\C/C=C\C/C=C\C/C=C\CCCCCCCCCCCCCCCCCCCCCCC(=O)OCC(COC(=O)CCCCCCCCCC)OC(=O)CCCCCCCCCCCCCCCCCCCCC. The van der Waals surface area contributed by atoms with E-state index >= 15 is 0 Å². The molecule has 0 rings (SSSR count). The Morgan fingerprint density at radius 3 is 0.782 bits per heavy atom. The maximum absolute atomic E-state index is 12.9. The lowest BCUT2D eigenvalue weighted by Gasteiger charge is -2.18. The van der Waals surface area contributed by atoms with E-state index in [1.54, 1.807) is 0 Å². The van der Waals surface area contributed by atoms with Crippen molar-refractivity contribution in [2.75, 3.05) is 13.2 Å². The Labute approximate surface area is 486 Å². The molecule has 0 aliphatic heterocycles. The van der Waals surface area contributed by atoms with Crippen molar-refractivity contribution in [3.05, 3.63) is 48.6 Å². The highest BCUT2D eigenvalue weighted by molar-refractivity contribution is 5.71. The van der Waals surface area contributed by atoms with Crippen molar-refractivity contribution in [3.8, 4) is 0 Å². The molecule has 0 N–H and O–H groups in total. The first-order chi connectivity index (χ1) is 38.5. The van der Waals surface area contributed by atoms with Crippen molar-refractivity contribution in [2.24, 2.45) is 0 Å². The van der Waals surface area contributed by atoms with Crippen molar-refractivity contribution in [1.29, 1.82) is 0 Å². The summed E-state index contributed by atoms with van der Waals surface area (Å²) in [6.45, 7) is 6.56. The number of allylic oxidation sites excluding steroid dienone is 8. The Morgan fingerprint density at radius 1 is 0.269 bits per heavy atom. The van der Waals surface area contributed by atoms with Gasteiger partial charge in [-0.3, -0.25) is 14.4 Å². The van der Waals surface area contributed by atoms with Crippen LogP contribution in [0.1, 0.15) is 374 Å². The van der Waals surface area contributed by atoms with Crippen LogP contribution in [0.25, 0.3) is 0 Å². The van der Waals surface area contributed by atoms with E-state index in [9.17, 15) is 14.4 Å². The number of carbonyl (C=O) groups excluding carboxylic acids is 3. The summed E-state index contributed by atoms with van der Waals surface area (Å²) in [7, 11) is 0. The molecule has 0 bridgehead atoms. The normalized spacial score (nSPS) is 12.3. The molecular formula is C72H132O6. The summed E-state index contributed by atoms with van der Waals surface area (Å²) < 4.78 is 16.9. The largest absolute Gasteiger partial charge is 0.462 e. The lowest BCUT2D eigenvalue weighted by Crippen LogP contribution is -2.30. The van der Waals surface area contributed by atoms with Crippen LogP contribution in [0.15, 0.2) is 48.6 Å². The van der Waals surface area contributed by atoms with E-state index in [0.717, 1.165) is 83.5 Å². The molecule has 0 aliphatic carbocycles. The Hall–Kier alpha value is -2.63. The van der Waals surface area contributed by atoms with Gasteiger partial charge in [-0.1, -0.05) is 345 Å². The molecule has 6 nitrogen and oxygen atoms in total. The van der Waals surface area contributed by atoms with Gasteiger partial charge in [0.2, 0.25) is 0 Å². The van der Waals surface area contributed by atoms with E-state index in [1.165, 1.54) is 250 Å². The van der Waals surface area contributed by atoms with Gasteiger partial charge in [-0.15, -0.1) is 0 Å². The van der Waals surface area contributed by atoms with Gasteiger partial charge < -0.3 is 14.2 Å². The molecule has 0 aliphatic rings. The molecule has 0 saturated heterocycles. The molecule has 1 unspecified atom stereocenters. The zero-order valence-corrected chi connectivity index (χ0v) is 52.5. The molecule has 1 atom stereocenters. The molecule has 0 aromatic heterocycles. The van der Waals surface area contributed by atoms with Crippen molar-refractivity contribution < 1.29 is 28.6 Å². The Kier molecular flexibility index (Phi) is 64.6. The lowest BCUT2D eigenvalue weighted by atomic mass is 10.0. The third-order valence-corrected chi connectivity index (χ3v) is 15.6. The second-order valence-corrected chi connectivity index (χ2v) is 23.4. The first kappa shape index (κ1) is 75.4.